The molecule has 1 fully saturated rings. The van der Waals surface area contributed by atoms with Gasteiger partial charge in [0.15, 0.2) is 0 Å². The molecule has 1 amide bonds. The topological polar surface area (TPSA) is 58.1 Å². The molecular formula is C20H26N4O. The Balaban J connectivity index is 1.83. The van der Waals surface area contributed by atoms with Crippen molar-refractivity contribution in [3.8, 4) is 0 Å². The van der Waals surface area contributed by atoms with Crippen molar-refractivity contribution in [3.05, 3.63) is 47.3 Å². The number of aromatic nitrogens is 2. The van der Waals surface area contributed by atoms with Crippen molar-refractivity contribution in [1.29, 1.82) is 0 Å². The molecule has 1 aliphatic heterocycles. The summed E-state index contributed by atoms with van der Waals surface area (Å²) < 4.78 is 0. The Morgan fingerprint density at radius 1 is 1.20 bits per heavy atom. The molecule has 25 heavy (non-hydrogen) atoms. The maximum absolute atomic E-state index is 13.0. The number of rotatable bonds is 4. The highest BCUT2D eigenvalue weighted by molar-refractivity contribution is 5.93. The van der Waals surface area contributed by atoms with Gasteiger partial charge >= 0.3 is 0 Å². The van der Waals surface area contributed by atoms with E-state index in [-0.39, 0.29) is 5.91 Å². The summed E-state index contributed by atoms with van der Waals surface area (Å²) >= 11 is 0. The van der Waals surface area contributed by atoms with Gasteiger partial charge in [-0.3, -0.25) is 4.79 Å². The molecule has 1 N–H and O–H groups in total. The molecule has 1 aromatic heterocycles. The predicted molar refractivity (Wildman–Crippen MR) is 100 cm³/mol. The van der Waals surface area contributed by atoms with Crippen molar-refractivity contribution in [3.63, 3.8) is 0 Å². The van der Waals surface area contributed by atoms with Gasteiger partial charge in [-0.1, -0.05) is 24.6 Å². The van der Waals surface area contributed by atoms with Crippen LogP contribution in [0.3, 0.4) is 0 Å². The normalized spacial score (nSPS) is 17.4. The zero-order valence-electron chi connectivity index (χ0n) is 15.2. The fraction of sp³-hybridized carbons (Fsp3) is 0.450. The molecule has 1 unspecified atom stereocenters. The predicted octanol–water partition coefficient (Wildman–Crippen LogP) is 4.24. The van der Waals surface area contributed by atoms with Crippen LogP contribution < -0.4 is 5.32 Å². The molecule has 1 saturated heterocycles. The first kappa shape index (κ1) is 17.4. The van der Waals surface area contributed by atoms with Crippen molar-refractivity contribution in [2.24, 2.45) is 0 Å². The molecule has 0 saturated carbocycles. The molecule has 0 aliphatic carbocycles. The van der Waals surface area contributed by atoms with E-state index in [0.29, 0.717) is 17.7 Å². The molecule has 2 aromatic rings. The lowest BCUT2D eigenvalue weighted by Crippen LogP contribution is -2.43. The van der Waals surface area contributed by atoms with Crippen LogP contribution in [-0.2, 0) is 0 Å². The van der Waals surface area contributed by atoms with E-state index in [4.69, 9.17) is 0 Å². The first-order valence-electron chi connectivity index (χ1n) is 9.07. The Morgan fingerprint density at radius 2 is 1.96 bits per heavy atom. The lowest BCUT2D eigenvalue weighted by molar-refractivity contribution is 0.0602. The van der Waals surface area contributed by atoms with Crippen LogP contribution in [0.4, 0.5) is 11.6 Å². The van der Waals surface area contributed by atoms with Crippen molar-refractivity contribution in [2.45, 2.75) is 52.5 Å². The number of anilines is 2. The van der Waals surface area contributed by atoms with Gasteiger partial charge in [-0.25, -0.2) is 9.97 Å². The van der Waals surface area contributed by atoms with Crippen LogP contribution in [0.1, 0.15) is 54.4 Å². The molecular weight excluding hydrogens is 312 g/mol. The SMILES string of the molecule is CCC1CCCCN1C(=O)c1cc(C)nc(Nc2ccc(C)cc2)n1. The van der Waals surface area contributed by atoms with Crippen molar-refractivity contribution in [2.75, 3.05) is 11.9 Å². The largest absolute Gasteiger partial charge is 0.334 e. The summed E-state index contributed by atoms with van der Waals surface area (Å²) in [5.41, 5.74) is 3.38. The third kappa shape index (κ3) is 4.16. The van der Waals surface area contributed by atoms with Gasteiger partial charge in [0.25, 0.3) is 5.91 Å². The lowest BCUT2D eigenvalue weighted by Gasteiger charge is -2.35. The number of aryl methyl sites for hydroxylation is 2. The van der Waals surface area contributed by atoms with Crippen LogP contribution in [0.5, 0.6) is 0 Å². The van der Waals surface area contributed by atoms with Crippen molar-refractivity contribution < 1.29 is 4.79 Å². The van der Waals surface area contributed by atoms with E-state index in [2.05, 4.69) is 22.2 Å². The fourth-order valence-corrected chi connectivity index (χ4v) is 3.34. The highest BCUT2D eigenvalue weighted by Gasteiger charge is 2.27. The number of amides is 1. The number of likely N-dealkylation sites (tertiary alicyclic amines) is 1. The van der Waals surface area contributed by atoms with Gasteiger partial charge in [-0.2, -0.15) is 0 Å². The summed E-state index contributed by atoms with van der Waals surface area (Å²) in [6.07, 6.45) is 4.34. The number of nitrogens with zero attached hydrogens (tertiary/aromatic N) is 3. The smallest absolute Gasteiger partial charge is 0.272 e. The molecule has 0 bridgehead atoms. The monoisotopic (exact) mass is 338 g/mol. The number of carbonyl (C=O) groups is 1. The first-order chi connectivity index (χ1) is 12.1. The van der Waals surface area contributed by atoms with E-state index >= 15 is 0 Å². The number of hydrogen-bond acceptors (Lipinski definition) is 4. The molecule has 5 heteroatoms. The number of hydrogen-bond donors (Lipinski definition) is 1. The van der Waals surface area contributed by atoms with E-state index in [1.54, 1.807) is 6.07 Å². The Morgan fingerprint density at radius 3 is 2.68 bits per heavy atom. The first-order valence-corrected chi connectivity index (χ1v) is 9.07. The average Bonchev–Trinajstić information content (AvgIpc) is 2.62. The molecule has 1 atom stereocenters. The summed E-state index contributed by atoms with van der Waals surface area (Å²) in [5.74, 6) is 0.487. The van der Waals surface area contributed by atoms with Gasteiger partial charge < -0.3 is 10.2 Å². The number of piperidine rings is 1. The van der Waals surface area contributed by atoms with E-state index in [1.165, 1.54) is 12.0 Å². The van der Waals surface area contributed by atoms with E-state index < -0.39 is 0 Å². The van der Waals surface area contributed by atoms with Gasteiger partial charge in [0.2, 0.25) is 5.95 Å². The highest BCUT2D eigenvalue weighted by Crippen LogP contribution is 2.22. The van der Waals surface area contributed by atoms with Crippen LogP contribution >= 0.6 is 0 Å². The lowest BCUT2D eigenvalue weighted by atomic mass is 9.99. The van der Waals surface area contributed by atoms with Gasteiger partial charge in [0.05, 0.1) is 0 Å². The Labute approximate surface area is 149 Å². The maximum atomic E-state index is 13.0. The third-order valence-corrected chi connectivity index (χ3v) is 4.74. The van der Waals surface area contributed by atoms with Crippen molar-refractivity contribution >= 4 is 17.5 Å². The third-order valence-electron chi connectivity index (χ3n) is 4.74. The fourth-order valence-electron chi connectivity index (χ4n) is 3.34. The van der Waals surface area contributed by atoms with Gasteiger partial charge in [0, 0.05) is 24.0 Å². The summed E-state index contributed by atoms with van der Waals surface area (Å²) in [5, 5.41) is 3.20. The van der Waals surface area contributed by atoms with E-state index in [9.17, 15) is 4.79 Å². The molecule has 0 spiro atoms. The van der Waals surface area contributed by atoms with Crippen LogP contribution in [0, 0.1) is 13.8 Å². The molecule has 0 radical (unpaired) electrons. The Kier molecular flexibility index (Phi) is 5.31. The number of benzene rings is 1. The summed E-state index contributed by atoms with van der Waals surface area (Å²) in [6.45, 7) is 6.91. The summed E-state index contributed by atoms with van der Waals surface area (Å²) in [7, 11) is 0. The molecule has 2 heterocycles. The number of carbonyl (C=O) groups excluding carboxylic acids is 1. The van der Waals surface area contributed by atoms with Gasteiger partial charge in [0.1, 0.15) is 5.69 Å². The van der Waals surface area contributed by atoms with Crippen LogP contribution in [0.2, 0.25) is 0 Å². The van der Waals surface area contributed by atoms with Crippen molar-refractivity contribution in [1.82, 2.24) is 14.9 Å². The highest BCUT2D eigenvalue weighted by atomic mass is 16.2. The second-order valence-corrected chi connectivity index (χ2v) is 6.77. The zero-order valence-corrected chi connectivity index (χ0v) is 15.2. The summed E-state index contributed by atoms with van der Waals surface area (Å²) in [4.78, 5) is 23.9. The van der Waals surface area contributed by atoms with E-state index in [1.807, 2.05) is 43.0 Å². The minimum absolute atomic E-state index is 0.0176. The Bertz CT molecular complexity index is 742. The summed E-state index contributed by atoms with van der Waals surface area (Å²) in [6, 6.07) is 10.1. The number of nitrogens with one attached hydrogen (secondary N) is 1. The zero-order chi connectivity index (χ0) is 17.8. The quantitative estimate of drug-likeness (QED) is 0.906. The minimum Gasteiger partial charge on any atom is -0.334 e. The van der Waals surface area contributed by atoms with Crippen LogP contribution in [0.25, 0.3) is 0 Å². The standard InChI is InChI=1S/C20H26N4O/c1-4-17-7-5-6-12-24(17)19(25)18-13-15(3)21-20(23-18)22-16-10-8-14(2)9-11-16/h8-11,13,17H,4-7,12H2,1-3H3,(H,21,22,23). The molecule has 5 nitrogen and oxygen atoms in total. The second kappa shape index (κ2) is 7.64. The van der Waals surface area contributed by atoms with E-state index in [0.717, 1.165) is 37.2 Å². The Hall–Kier alpha value is -2.43. The van der Waals surface area contributed by atoms with Crippen LogP contribution in [-0.4, -0.2) is 33.4 Å². The average molecular weight is 338 g/mol. The molecule has 1 aliphatic rings. The minimum atomic E-state index is 0.0176. The van der Waals surface area contributed by atoms with Crippen LogP contribution in [0.15, 0.2) is 30.3 Å². The maximum Gasteiger partial charge on any atom is 0.272 e. The molecule has 3 rings (SSSR count). The molecule has 1 aromatic carbocycles. The van der Waals surface area contributed by atoms with Gasteiger partial charge in [-0.05, 0) is 57.7 Å². The molecule has 132 valence electrons. The second-order valence-electron chi connectivity index (χ2n) is 6.77. The van der Waals surface area contributed by atoms with Gasteiger partial charge in [-0.15, -0.1) is 0 Å².